The van der Waals surface area contributed by atoms with E-state index >= 15 is 0 Å². The van der Waals surface area contributed by atoms with E-state index in [1.165, 1.54) is 5.56 Å². The van der Waals surface area contributed by atoms with E-state index in [1.54, 1.807) is 0 Å². The highest BCUT2D eigenvalue weighted by Gasteiger charge is 2.27. The largest absolute Gasteiger partial charge is 0.355 e. The normalized spacial score (nSPS) is 17.0. The molecule has 1 atom stereocenters. The molecule has 0 radical (unpaired) electrons. The molecule has 1 aromatic carbocycles. The van der Waals surface area contributed by atoms with Gasteiger partial charge in [-0.3, -0.25) is 9.59 Å². The van der Waals surface area contributed by atoms with Crippen molar-refractivity contribution >= 4 is 24.2 Å². The number of hydrogen-bond acceptors (Lipinski definition) is 3. The number of hydrogen-bond donors (Lipinski definition) is 2. The number of carbonyl (C=O) groups is 2. The molecule has 1 aliphatic heterocycles. The van der Waals surface area contributed by atoms with E-state index in [0.29, 0.717) is 26.1 Å². The van der Waals surface area contributed by atoms with Crippen LogP contribution in [0.1, 0.15) is 31.2 Å². The third kappa shape index (κ3) is 6.49. The minimum atomic E-state index is -0.0895. The summed E-state index contributed by atoms with van der Waals surface area (Å²) in [5.74, 6) is 0.0999. The smallest absolute Gasteiger partial charge is 0.224 e. The van der Waals surface area contributed by atoms with Gasteiger partial charge in [-0.25, -0.2) is 0 Å². The number of carbonyl (C=O) groups excluding carboxylic acids is 2. The second kappa shape index (κ2) is 11.0. The second-order valence-electron chi connectivity index (χ2n) is 6.10. The fourth-order valence-corrected chi connectivity index (χ4v) is 3.00. The highest BCUT2D eigenvalue weighted by molar-refractivity contribution is 5.85. The lowest BCUT2D eigenvalue weighted by Crippen LogP contribution is -2.46. The molecule has 1 unspecified atom stereocenters. The number of benzene rings is 1. The number of piperidine rings is 1. The summed E-state index contributed by atoms with van der Waals surface area (Å²) in [7, 11) is 0. The minimum absolute atomic E-state index is 0. The summed E-state index contributed by atoms with van der Waals surface area (Å²) < 4.78 is 0. The van der Waals surface area contributed by atoms with Gasteiger partial charge in [0.15, 0.2) is 0 Å². The Morgan fingerprint density at radius 1 is 1.25 bits per heavy atom. The van der Waals surface area contributed by atoms with Gasteiger partial charge in [-0.15, -0.1) is 12.4 Å². The number of nitrogens with two attached hydrogens (primary N) is 1. The number of amides is 2. The van der Waals surface area contributed by atoms with Crippen LogP contribution in [0.5, 0.6) is 0 Å². The van der Waals surface area contributed by atoms with Gasteiger partial charge in [-0.05, 0) is 31.2 Å². The maximum absolute atomic E-state index is 12.3. The summed E-state index contributed by atoms with van der Waals surface area (Å²) in [6, 6.07) is 10.2. The average Bonchev–Trinajstić information content (AvgIpc) is 2.60. The fraction of sp³-hybridized carbons (Fsp3) is 0.556. The first kappa shape index (κ1) is 20.5. The molecule has 2 rings (SSSR count). The summed E-state index contributed by atoms with van der Waals surface area (Å²) in [5.41, 5.74) is 6.67. The first-order valence-corrected chi connectivity index (χ1v) is 8.50. The van der Waals surface area contributed by atoms with Gasteiger partial charge in [0.25, 0.3) is 0 Å². The van der Waals surface area contributed by atoms with E-state index in [0.717, 1.165) is 32.2 Å². The summed E-state index contributed by atoms with van der Waals surface area (Å²) in [6.07, 6.45) is 4.06. The summed E-state index contributed by atoms with van der Waals surface area (Å²) >= 11 is 0. The first-order chi connectivity index (χ1) is 11.2. The fourth-order valence-electron chi connectivity index (χ4n) is 3.00. The van der Waals surface area contributed by atoms with Gasteiger partial charge in [0.05, 0.1) is 5.92 Å². The summed E-state index contributed by atoms with van der Waals surface area (Å²) in [5, 5.41) is 2.82. The third-order valence-corrected chi connectivity index (χ3v) is 4.29. The Balaban J connectivity index is 0.00000288. The van der Waals surface area contributed by atoms with Crippen LogP contribution in [-0.2, 0) is 16.0 Å². The highest BCUT2D eigenvalue weighted by Crippen LogP contribution is 2.18. The number of nitrogens with one attached hydrogen (secondary N) is 1. The lowest BCUT2D eigenvalue weighted by atomic mass is 9.96. The number of rotatable bonds is 7. The van der Waals surface area contributed by atoms with Crippen molar-refractivity contribution in [2.75, 3.05) is 26.2 Å². The zero-order valence-electron chi connectivity index (χ0n) is 14.1. The number of halogens is 1. The van der Waals surface area contributed by atoms with Crippen LogP contribution in [0, 0.1) is 5.92 Å². The molecular weight excluding hydrogens is 326 g/mol. The molecule has 0 aliphatic carbocycles. The van der Waals surface area contributed by atoms with Crippen LogP contribution in [0.25, 0.3) is 0 Å². The Bertz CT molecular complexity index is 510. The Morgan fingerprint density at radius 2 is 2.00 bits per heavy atom. The van der Waals surface area contributed by atoms with Crippen molar-refractivity contribution < 1.29 is 9.59 Å². The van der Waals surface area contributed by atoms with E-state index in [-0.39, 0.29) is 30.1 Å². The monoisotopic (exact) mass is 353 g/mol. The van der Waals surface area contributed by atoms with Crippen molar-refractivity contribution in [2.45, 2.75) is 32.1 Å². The van der Waals surface area contributed by atoms with Crippen LogP contribution in [0.2, 0.25) is 0 Å². The Labute approximate surface area is 150 Å². The SMILES string of the molecule is Cl.NCCNC(=O)C1CCCN(C(=O)CCCc2ccccc2)C1. The van der Waals surface area contributed by atoms with Gasteiger partial charge in [0.1, 0.15) is 0 Å². The maximum Gasteiger partial charge on any atom is 0.224 e. The standard InChI is InChI=1S/C18H27N3O2.ClH/c19-11-12-20-18(23)16-9-5-13-21(14-16)17(22)10-4-8-15-6-2-1-3-7-15;/h1-3,6-7,16H,4-5,8-14,19H2,(H,20,23);1H. The molecule has 5 nitrogen and oxygen atoms in total. The molecule has 0 aromatic heterocycles. The van der Waals surface area contributed by atoms with Gasteiger partial charge < -0.3 is 16.0 Å². The van der Waals surface area contributed by atoms with Crippen LogP contribution in [0.4, 0.5) is 0 Å². The zero-order chi connectivity index (χ0) is 16.5. The Hall–Kier alpha value is -1.59. The number of likely N-dealkylation sites (tertiary alicyclic amines) is 1. The van der Waals surface area contributed by atoms with Gasteiger partial charge in [-0.1, -0.05) is 30.3 Å². The van der Waals surface area contributed by atoms with Crippen molar-refractivity contribution in [3.8, 4) is 0 Å². The molecule has 2 amide bonds. The van der Waals surface area contributed by atoms with Crippen LogP contribution < -0.4 is 11.1 Å². The quantitative estimate of drug-likeness (QED) is 0.784. The van der Waals surface area contributed by atoms with Crippen LogP contribution in [0.15, 0.2) is 30.3 Å². The zero-order valence-corrected chi connectivity index (χ0v) is 14.9. The van der Waals surface area contributed by atoms with Gasteiger partial charge in [-0.2, -0.15) is 0 Å². The van der Waals surface area contributed by atoms with Crippen molar-refractivity contribution in [1.29, 1.82) is 0 Å². The average molecular weight is 354 g/mol. The molecule has 1 aliphatic rings. The number of nitrogens with zero attached hydrogens (tertiary/aromatic N) is 1. The molecule has 1 aromatic rings. The molecule has 1 heterocycles. The lowest BCUT2D eigenvalue weighted by Gasteiger charge is -2.32. The summed E-state index contributed by atoms with van der Waals surface area (Å²) in [6.45, 7) is 2.26. The predicted molar refractivity (Wildman–Crippen MR) is 98.0 cm³/mol. The molecule has 1 saturated heterocycles. The van der Waals surface area contributed by atoms with Crippen LogP contribution >= 0.6 is 12.4 Å². The van der Waals surface area contributed by atoms with Gasteiger partial charge in [0, 0.05) is 32.6 Å². The van der Waals surface area contributed by atoms with Crippen molar-refractivity contribution in [3.05, 3.63) is 35.9 Å². The Kier molecular flexibility index (Phi) is 9.42. The molecule has 3 N–H and O–H groups in total. The second-order valence-corrected chi connectivity index (χ2v) is 6.10. The minimum Gasteiger partial charge on any atom is -0.355 e. The number of aryl methyl sites for hydroxylation is 1. The molecule has 6 heteroatoms. The Morgan fingerprint density at radius 3 is 2.71 bits per heavy atom. The molecule has 0 spiro atoms. The first-order valence-electron chi connectivity index (χ1n) is 8.50. The molecule has 24 heavy (non-hydrogen) atoms. The van der Waals surface area contributed by atoms with E-state index in [2.05, 4.69) is 17.4 Å². The van der Waals surface area contributed by atoms with Crippen molar-refractivity contribution in [3.63, 3.8) is 0 Å². The van der Waals surface area contributed by atoms with Crippen LogP contribution in [-0.4, -0.2) is 42.9 Å². The third-order valence-electron chi connectivity index (χ3n) is 4.29. The lowest BCUT2D eigenvalue weighted by molar-refractivity contribution is -0.135. The highest BCUT2D eigenvalue weighted by atomic mass is 35.5. The van der Waals surface area contributed by atoms with Crippen LogP contribution in [0.3, 0.4) is 0 Å². The van der Waals surface area contributed by atoms with Gasteiger partial charge in [0.2, 0.25) is 11.8 Å². The topological polar surface area (TPSA) is 75.4 Å². The molecule has 134 valence electrons. The van der Waals surface area contributed by atoms with E-state index in [9.17, 15) is 9.59 Å². The summed E-state index contributed by atoms with van der Waals surface area (Å²) in [4.78, 5) is 26.2. The molecule has 0 saturated carbocycles. The van der Waals surface area contributed by atoms with Crippen molar-refractivity contribution in [1.82, 2.24) is 10.2 Å². The van der Waals surface area contributed by atoms with Gasteiger partial charge >= 0.3 is 0 Å². The predicted octanol–water partition coefficient (Wildman–Crippen LogP) is 1.74. The van der Waals surface area contributed by atoms with Crippen molar-refractivity contribution in [2.24, 2.45) is 11.7 Å². The van der Waals surface area contributed by atoms with E-state index in [4.69, 9.17) is 5.73 Å². The maximum atomic E-state index is 12.3. The van der Waals surface area contributed by atoms with E-state index < -0.39 is 0 Å². The molecule has 1 fully saturated rings. The molecular formula is C18H28ClN3O2. The van der Waals surface area contributed by atoms with E-state index in [1.807, 2.05) is 23.1 Å². The molecule has 0 bridgehead atoms.